The van der Waals surface area contributed by atoms with Crippen LogP contribution in [-0.2, 0) is 6.42 Å². The van der Waals surface area contributed by atoms with Crippen LogP contribution in [0.2, 0.25) is 0 Å². The highest BCUT2D eigenvalue weighted by atomic mass is 14.6. The summed E-state index contributed by atoms with van der Waals surface area (Å²) in [7, 11) is 0. The fourth-order valence-electron chi connectivity index (χ4n) is 1.77. The van der Waals surface area contributed by atoms with Crippen molar-refractivity contribution >= 4 is 0 Å². The normalized spacial score (nSPS) is 21.1. The fourth-order valence-corrected chi connectivity index (χ4v) is 1.77. The monoisotopic (exact) mass is 158 g/mol. The van der Waals surface area contributed by atoms with E-state index in [-0.39, 0.29) is 5.92 Å². The largest absolute Gasteiger partial charge is 0.264 e. The third-order valence-electron chi connectivity index (χ3n) is 2.41. The van der Waals surface area contributed by atoms with E-state index in [1.807, 2.05) is 12.3 Å². The standard InChI is InChI=1S/C10H10N2/c11-6-8-2-1-3-9-7-12-5-4-10(8)9/h4-5,7-8H,1-3H2. The topological polar surface area (TPSA) is 36.7 Å². The summed E-state index contributed by atoms with van der Waals surface area (Å²) in [6, 6.07) is 4.31. The summed E-state index contributed by atoms with van der Waals surface area (Å²) >= 11 is 0. The molecule has 2 heteroatoms. The summed E-state index contributed by atoms with van der Waals surface area (Å²) in [5, 5.41) is 8.87. The highest BCUT2D eigenvalue weighted by Crippen LogP contribution is 2.29. The first kappa shape index (κ1) is 7.30. The second kappa shape index (κ2) is 2.94. The molecule has 0 spiro atoms. The lowest BCUT2D eigenvalue weighted by Crippen LogP contribution is -2.08. The number of rotatable bonds is 0. The molecular formula is C10H10N2. The summed E-state index contributed by atoms with van der Waals surface area (Å²) < 4.78 is 0. The molecule has 0 N–H and O–H groups in total. The van der Waals surface area contributed by atoms with E-state index < -0.39 is 0 Å². The van der Waals surface area contributed by atoms with E-state index in [2.05, 4.69) is 11.1 Å². The summed E-state index contributed by atoms with van der Waals surface area (Å²) in [6.45, 7) is 0. The van der Waals surface area contributed by atoms with Crippen LogP contribution in [0.1, 0.15) is 29.9 Å². The Bertz CT molecular complexity index is 325. The molecule has 1 aliphatic rings. The maximum absolute atomic E-state index is 8.87. The van der Waals surface area contributed by atoms with Crippen LogP contribution < -0.4 is 0 Å². The van der Waals surface area contributed by atoms with Gasteiger partial charge >= 0.3 is 0 Å². The predicted molar refractivity (Wildman–Crippen MR) is 45.5 cm³/mol. The van der Waals surface area contributed by atoms with Gasteiger partial charge in [0.05, 0.1) is 12.0 Å². The van der Waals surface area contributed by atoms with Crippen LogP contribution in [0.5, 0.6) is 0 Å². The number of fused-ring (bicyclic) bond motifs is 1. The number of pyridine rings is 1. The lowest BCUT2D eigenvalue weighted by Gasteiger charge is -2.18. The molecule has 1 atom stereocenters. The fraction of sp³-hybridized carbons (Fsp3) is 0.400. The summed E-state index contributed by atoms with van der Waals surface area (Å²) in [4.78, 5) is 4.06. The zero-order valence-electron chi connectivity index (χ0n) is 6.83. The Hall–Kier alpha value is -1.36. The molecule has 1 aromatic heterocycles. The van der Waals surface area contributed by atoms with Crippen molar-refractivity contribution in [3.8, 4) is 6.07 Å². The first-order chi connectivity index (χ1) is 5.92. The van der Waals surface area contributed by atoms with Crippen molar-refractivity contribution < 1.29 is 0 Å². The molecule has 1 heterocycles. The third kappa shape index (κ3) is 1.08. The quantitative estimate of drug-likeness (QED) is 0.579. The lowest BCUT2D eigenvalue weighted by atomic mass is 9.85. The average molecular weight is 158 g/mol. The Morgan fingerprint density at radius 2 is 2.50 bits per heavy atom. The van der Waals surface area contributed by atoms with E-state index >= 15 is 0 Å². The van der Waals surface area contributed by atoms with Gasteiger partial charge in [0, 0.05) is 12.4 Å². The Morgan fingerprint density at radius 3 is 3.33 bits per heavy atom. The van der Waals surface area contributed by atoms with Crippen LogP contribution in [-0.4, -0.2) is 4.98 Å². The third-order valence-corrected chi connectivity index (χ3v) is 2.41. The molecule has 0 bridgehead atoms. The van der Waals surface area contributed by atoms with Gasteiger partial charge in [-0.2, -0.15) is 5.26 Å². The van der Waals surface area contributed by atoms with Gasteiger partial charge in [-0.15, -0.1) is 0 Å². The van der Waals surface area contributed by atoms with Gasteiger partial charge in [0.15, 0.2) is 0 Å². The van der Waals surface area contributed by atoms with Crippen LogP contribution in [0.25, 0.3) is 0 Å². The number of nitrogens with zero attached hydrogens (tertiary/aromatic N) is 2. The van der Waals surface area contributed by atoms with Gasteiger partial charge in [0.2, 0.25) is 0 Å². The molecule has 0 radical (unpaired) electrons. The van der Waals surface area contributed by atoms with Gasteiger partial charge in [-0.05, 0) is 36.5 Å². The van der Waals surface area contributed by atoms with Gasteiger partial charge in [-0.25, -0.2) is 0 Å². The Kier molecular flexibility index (Phi) is 1.79. The molecule has 60 valence electrons. The molecule has 1 aliphatic carbocycles. The molecule has 0 saturated carbocycles. The SMILES string of the molecule is N#CC1CCCc2cnccc21. The molecular weight excluding hydrogens is 148 g/mol. The maximum atomic E-state index is 8.87. The van der Waals surface area contributed by atoms with Crippen molar-refractivity contribution in [3.05, 3.63) is 29.6 Å². The Labute approximate surface area is 71.9 Å². The highest BCUT2D eigenvalue weighted by molar-refractivity contribution is 5.33. The Balaban J connectivity index is 2.45. The number of nitriles is 1. The van der Waals surface area contributed by atoms with E-state index in [0.717, 1.165) is 19.3 Å². The molecule has 2 nitrogen and oxygen atoms in total. The van der Waals surface area contributed by atoms with Gasteiger partial charge in [-0.1, -0.05) is 0 Å². The minimum atomic E-state index is 0.108. The summed E-state index contributed by atoms with van der Waals surface area (Å²) in [6.07, 6.45) is 6.87. The van der Waals surface area contributed by atoms with Crippen molar-refractivity contribution in [2.75, 3.05) is 0 Å². The van der Waals surface area contributed by atoms with Gasteiger partial charge < -0.3 is 0 Å². The number of hydrogen-bond acceptors (Lipinski definition) is 2. The van der Waals surface area contributed by atoms with E-state index in [0.29, 0.717) is 0 Å². The second-order valence-corrected chi connectivity index (χ2v) is 3.15. The number of hydrogen-bond donors (Lipinski definition) is 0. The molecule has 0 aliphatic heterocycles. The first-order valence-corrected chi connectivity index (χ1v) is 4.24. The average Bonchev–Trinajstić information content (AvgIpc) is 2.17. The first-order valence-electron chi connectivity index (χ1n) is 4.24. The smallest absolute Gasteiger partial charge is 0.0716 e. The number of aromatic nitrogens is 1. The predicted octanol–water partition coefficient (Wildman–Crippen LogP) is 2.03. The van der Waals surface area contributed by atoms with Gasteiger partial charge in [0.25, 0.3) is 0 Å². The highest BCUT2D eigenvalue weighted by Gasteiger charge is 2.18. The van der Waals surface area contributed by atoms with Crippen LogP contribution >= 0.6 is 0 Å². The summed E-state index contributed by atoms with van der Waals surface area (Å²) in [5.41, 5.74) is 2.45. The van der Waals surface area contributed by atoms with E-state index in [9.17, 15) is 0 Å². The zero-order valence-corrected chi connectivity index (χ0v) is 6.83. The van der Waals surface area contributed by atoms with Gasteiger partial charge in [0.1, 0.15) is 0 Å². The van der Waals surface area contributed by atoms with Crippen molar-refractivity contribution in [3.63, 3.8) is 0 Å². The van der Waals surface area contributed by atoms with E-state index in [1.165, 1.54) is 11.1 Å². The molecule has 0 saturated heterocycles. The van der Waals surface area contributed by atoms with Crippen LogP contribution in [0, 0.1) is 11.3 Å². The molecule has 0 amide bonds. The van der Waals surface area contributed by atoms with E-state index in [1.54, 1.807) is 6.20 Å². The Morgan fingerprint density at radius 1 is 1.58 bits per heavy atom. The molecule has 0 fully saturated rings. The van der Waals surface area contributed by atoms with Crippen molar-refractivity contribution in [1.29, 1.82) is 5.26 Å². The van der Waals surface area contributed by atoms with Crippen molar-refractivity contribution in [2.24, 2.45) is 0 Å². The molecule has 1 aromatic rings. The minimum absolute atomic E-state index is 0.108. The van der Waals surface area contributed by atoms with Crippen LogP contribution in [0.3, 0.4) is 0 Å². The molecule has 0 aromatic carbocycles. The van der Waals surface area contributed by atoms with Crippen LogP contribution in [0.4, 0.5) is 0 Å². The second-order valence-electron chi connectivity index (χ2n) is 3.15. The van der Waals surface area contributed by atoms with E-state index in [4.69, 9.17) is 5.26 Å². The van der Waals surface area contributed by atoms with Crippen molar-refractivity contribution in [1.82, 2.24) is 4.98 Å². The zero-order chi connectivity index (χ0) is 8.39. The minimum Gasteiger partial charge on any atom is -0.264 e. The number of aryl methyl sites for hydroxylation is 1. The van der Waals surface area contributed by atoms with Gasteiger partial charge in [-0.3, -0.25) is 4.98 Å². The maximum Gasteiger partial charge on any atom is 0.0716 e. The summed E-state index contributed by atoms with van der Waals surface area (Å²) in [5.74, 6) is 0.108. The molecule has 12 heavy (non-hydrogen) atoms. The van der Waals surface area contributed by atoms with Crippen LogP contribution in [0.15, 0.2) is 18.5 Å². The molecule has 2 rings (SSSR count). The van der Waals surface area contributed by atoms with Crippen molar-refractivity contribution in [2.45, 2.75) is 25.2 Å². The lowest BCUT2D eigenvalue weighted by molar-refractivity contribution is 0.634. The molecule has 1 unspecified atom stereocenters.